The molecular weight excluding hydrogens is 316 g/mol. The molecule has 0 amide bonds. The van der Waals surface area contributed by atoms with Crippen LogP contribution in [0.5, 0.6) is 0 Å². The minimum atomic E-state index is -0.457. The number of aliphatic hydroxyl groups excluding tert-OH is 2. The first-order chi connectivity index (χ1) is 11.8. The lowest BCUT2D eigenvalue weighted by Gasteiger charge is -2.52. The van der Waals surface area contributed by atoms with Gasteiger partial charge in [0.1, 0.15) is 6.61 Å². The quantitative estimate of drug-likeness (QED) is 0.819. The van der Waals surface area contributed by atoms with Gasteiger partial charge >= 0.3 is 0 Å². The highest BCUT2D eigenvalue weighted by Gasteiger charge is 2.57. The molecule has 3 aliphatic carbocycles. The smallest absolute Gasteiger partial charge is 0.161 e. The highest BCUT2D eigenvalue weighted by Crippen LogP contribution is 2.61. The van der Waals surface area contributed by atoms with E-state index in [1.807, 2.05) is 6.08 Å². The van der Waals surface area contributed by atoms with E-state index >= 15 is 0 Å². The predicted molar refractivity (Wildman–Crippen MR) is 95.9 cm³/mol. The summed E-state index contributed by atoms with van der Waals surface area (Å²) in [7, 11) is 0. The van der Waals surface area contributed by atoms with Gasteiger partial charge in [0.2, 0.25) is 0 Å². The number of fused-ring (bicyclic) bond motifs is 1. The zero-order valence-corrected chi connectivity index (χ0v) is 15.8. The van der Waals surface area contributed by atoms with E-state index < -0.39 is 12.7 Å². The summed E-state index contributed by atoms with van der Waals surface area (Å²) >= 11 is 0. The van der Waals surface area contributed by atoms with Crippen LogP contribution >= 0.6 is 0 Å². The maximum atomic E-state index is 12.2. The lowest BCUT2D eigenvalue weighted by atomic mass is 9.53. The van der Waals surface area contributed by atoms with Gasteiger partial charge in [-0.05, 0) is 67.3 Å². The van der Waals surface area contributed by atoms with Crippen LogP contribution in [0, 0.1) is 28.6 Å². The fraction of sp³-hybridized carbons (Fsp3) is 0.810. The van der Waals surface area contributed by atoms with E-state index in [1.54, 1.807) is 0 Å². The molecule has 0 bridgehead atoms. The van der Waals surface area contributed by atoms with Crippen molar-refractivity contribution in [3.63, 3.8) is 0 Å². The Bertz CT molecular complexity index is 595. The molecule has 2 N–H and O–H groups in total. The van der Waals surface area contributed by atoms with E-state index in [0.29, 0.717) is 18.8 Å². The van der Waals surface area contributed by atoms with Crippen LogP contribution in [0.4, 0.5) is 0 Å². The van der Waals surface area contributed by atoms with Crippen LogP contribution in [-0.4, -0.2) is 34.5 Å². The number of Topliss-reactive ketones (excluding diaryl/α,β-unsaturated/α-hetero) is 1. The number of aliphatic hydroxyl groups is 2. The van der Waals surface area contributed by atoms with Crippen molar-refractivity contribution in [1.29, 1.82) is 0 Å². The molecule has 0 aromatic carbocycles. The maximum Gasteiger partial charge on any atom is 0.161 e. The van der Waals surface area contributed by atoms with Gasteiger partial charge in [-0.25, -0.2) is 0 Å². The average molecular weight is 348 g/mol. The third-order valence-electron chi connectivity index (χ3n) is 7.89. The molecule has 0 heterocycles. The summed E-state index contributed by atoms with van der Waals surface area (Å²) in [4.78, 5) is 24.1. The van der Waals surface area contributed by atoms with Crippen molar-refractivity contribution in [3.05, 3.63) is 11.6 Å². The molecule has 140 valence electrons. The van der Waals surface area contributed by atoms with Gasteiger partial charge in [0.25, 0.3) is 0 Å². The van der Waals surface area contributed by atoms with Crippen LogP contribution in [0.15, 0.2) is 11.6 Å². The zero-order valence-electron chi connectivity index (χ0n) is 15.8. The number of hydrogen-bond acceptors (Lipinski definition) is 4. The van der Waals surface area contributed by atoms with E-state index in [-0.39, 0.29) is 34.2 Å². The fourth-order valence-electron chi connectivity index (χ4n) is 6.29. The molecule has 4 heteroatoms. The summed E-state index contributed by atoms with van der Waals surface area (Å²) in [6.07, 6.45) is 6.94. The minimum Gasteiger partial charge on any atom is -0.393 e. The van der Waals surface area contributed by atoms with Gasteiger partial charge in [-0.3, -0.25) is 9.59 Å². The van der Waals surface area contributed by atoms with Crippen LogP contribution in [-0.2, 0) is 9.59 Å². The van der Waals surface area contributed by atoms with Gasteiger partial charge in [0.15, 0.2) is 11.6 Å². The molecule has 3 rings (SSSR count). The van der Waals surface area contributed by atoms with Crippen LogP contribution in [0.1, 0.15) is 65.7 Å². The largest absolute Gasteiger partial charge is 0.393 e. The van der Waals surface area contributed by atoms with Crippen molar-refractivity contribution in [2.75, 3.05) is 6.61 Å². The number of rotatable bonds is 4. The van der Waals surface area contributed by atoms with Crippen molar-refractivity contribution in [3.8, 4) is 0 Å². The summed E-state index contributed by atoms with van der Waals surface area (Å²) in [6, 6.07) is 0. The van der Waals surface area contributed by atoms with E-state index in [2.05, 4.69) is 20.8 Å². The number of hydrogen-bond donors (Lipinski definition) is 2. The summed E-state index contributed by atoms with van der Waals surface area (Å²) < 4.78 is 0. The van der Waals surface area contributed by atoms with Crippen LogP contribution < -0.4 is 0 Å². The van der Waals surface area contributed by atoms with Gasteiger partial charge in [0.05, 0.1) is 6.10 Å². The lowest BCUT2D eigenvalue weighted by Crippen LogP contribution is -2.50. The Balaban J connectivity index is 1.87. The van der Waals surface area contributed by atoms with Gasteiger partial charge in [0, 0.05) is 12.3 Å². The molecule has 0 aromatic heterocycles. The molecule has 0 spiro atoms. The SMILES string of the molecule is CCC1=CC(=O)CCC1(C)C1CC2CCC(C(=O)CO)C2(C)CC1O. The molecule has 6 unspecified atom stereocenters. The Morgan fingerprint density at radius 2 is 2.04 bits per heavy atom. The maximum absolute atomic E-state index is 12.2. The molecule has 0 aromatic rings. The normalized spacial score (nSPS) is 44.4. The fourth-order valence-corrected chi connectivity index (χ4v) is 6.29. The minimum absolute atomic E-state index is 0.0701. The first kappa shape index (κ1) is 18.8. The lowest BCUT2D eigenvalue weighted by molar-refractivity contribution is -0.134. The Morgan fingerprint density at radius 1 is 1.32 bits per heavy atom. The summed E-state index contributed by atoms with van der Waals surface area (Å²) in [6.45, 7) is 6.05. The molecule has 0 saturated heterocycles. The van der Waals surface area contributed by atoms with Gasteiger partial charge < -0.3 is 10.2 Å². The Hall–Kier alpha value is -1.00. The number of carbonyl (C=O) groups excluding carboxylic acids is 2. The number of ketones is 2. The Labute approximate surface area is 150 Å². The highest BCUT2D eigenvalue weighted by atomic mass is 16.3. The van der Waals surface area contributed by atoms with Crippen LogP contribution in [0.2, 0.25) is 0 Å². The number of carbonyl (C=O) groups is 2. The first-order valence-corrected chi connectivity index (χ1v) is 9.81. The number of allylic oxidation sites excluding steroid dienone is 2. The van der Waals surface area contributed by atoms with Gasteiger partial charge in [-0.1, -0.05) is 26.3 Å². The molecule has 25 heavy (non-hydrogen) atoms. The Kier molecular flexibility index (Phi) is 4.97. The molecule has 2 saturated carbocycles. The second kappa shape index (κ2) is 6.62. The standard InChI is InChI=1S/C21H32O4/c1-4-13-9-15(23)7-8-20(13,2)17-10-14-5-6-16(19(25)12-22)21(14,3)11-18(17)24/h9,14,16-18,22,24H,4-8,10-12H2,1-3H3. The van der Waals surface area contributed by atoms with Gasteiger partial charge in [-0.2, -0.15) is 0 Å². The van der Waals surface area contributed by atoms with Crippen molar-refractivity contribution < 1.29 is 19.8 Å². The summed E-state index contributed by atoms with van der Waals surface area (Å²) in [5.74, 6) is 0.569. The third-order valence-corrected chi connectivity index (χ3v) is 7.89. The Morgan fingerprint density at radius 3 is 2.68 bits per heavy atom. The summed E-state index contributed by atoms with van der Waals surface area (Å²) in [5, 5.41) is 20.4. The molecule has 0 radical (unpaired) electrons. The molecule has 0 aliphatic heterocycles. The summed E-state index contributed by atoms with van der Waals surface area (Å²) in [5.41, 5.74) is 0.854. The van der Waals surface area contributed by atoms with Crippen LogP contribution in [0.25, 0.3) is 0 Å². The second-order valence-electron chi connectivity index (χ2n) is 8.98. The molecular formula is C21H32O4. The predicted octanol–water partition coefficient (Wildman–Crippen LogP) is 3.06. The third kappa shape index (κ3) is 2.91. The molecule has 4 nitrogen and oxygen atoms in total. The van der Waals surface area contributed by atoms with Crippen molar-refractivity contribution in [2.45, 2.75) is 71.8 Å². The van der Waals surface area contributed by atoms with E-state index in [0.717, 1.165) is 32.1 Å². The van der Waals surface area contributed by atoms with Crippen LogP contribution in [0.3, 0.4) is 0 Å². The zero-order chi connectivity index (χ0) is 18.4. The van der Waals surface area contributed by atoms with Crippen molar-refractivity contribution in [2.24, 2.45) is 28.6 Å². The van der Waals surface area contributed by atoms with E-state index in [1.165, 1.54) is 5.57 Å². The van der Waals surface area contributed by atoms with E-state index in [9.17, 15) is 19.8 Å². The van der Waals surface area contributed by atoms with E-state index in [4.69, 9.17) is 0 Å². The molecule has 2 fully saturated rings. The highest BCUT2D eigenvalue weighted by molar-refractivity contribution is 5.91. The second-order valence-corrected chi connectivity index (χ2v) is 8.98. The first-order valence-electron chi connectivity index (χ1n) is 9.81. The van der Waals surface area contributed by atoms with Gasteiger partial charge in [-0.15, -0.1) is 0 Å². The molecule has 6 atom stereocenters. The molecule has 3 aliphatic rings. The van der Waals surface area contributed by atoms with Crippen molar-refractivity contribution >= 4 is 11.6 Å². The topological polar surface area (TPSA) is 74.6 Å². The monoisotopic (exact) mass is 348 g/mol. The average Bonchev–Trinajstić information content (AvgIpc) is 2.91. The van der Waals surface area contributed by atoms with Crippen molar-refractivity contribution in [1.82, 2.24) is 0 Å².